The second-order valence-corrected chi connectivity index (χ2v) is 5.10. The minimum absolute atomic E-state index is 0.0155. The van der Waals surface area contributed by atoms with Crippen molar-refractivity contribution in [2.45, 2.75) is 6.42 Å². The van der Waals surface area contributed by atoms with Crippen LogP contribution in [-0.2, 0) is 0 Å². The molecule has 18 heavy (non-hydrogen) atoms. The van der Waals surface area contributed by atoms with Crippen molar-refractivity contribution in [2.24, 2.45) is 5.92 Å². The standard InChI is InChI=1S/C10H14N4O3S/c1-17-10-8(14(15)16)9(12-6-13-10)11-4-7-2-3-18-5-7/h6-7H,2-5H2,1H3,(H,11,12,13). The summed E-state index contributed by atoms with van der Waals surface area (Å²) in [5.41, 5.74) is -0.203. The molecule has 2 rings (SSSR count). The smallest absolute Gasteiger partial charge is 0.372 e. The van der Waals surface area contributed by atoms with Crippen LogP contribution in [0.25, 0.3) is 0 Å². The van der Waals surface area contributed by atoms with E-state index in [0.29, 0.717) is 12.5 Å². The number of hydrogen-bond donors (Lipinski definition) is 1. The molecule has 1 N–H and O–H groups in total. The van der Waals surface area contributed by atoms with Gasteiger partial charge < -0.3 is 10.1 Å². The number of methoxy groups -OCH3 is 1. The van der Waals surface area contributed by atoms with Crippen LogP contribution in [0.3, 0.4) is 0 Å². The van der Waals surface area contributed by atoms with E-state index in [4.69, 9.17) is 4.74 Å². The maximum atomic E-state index is 11.0. The highest BCUT2D eigenvalue weighted by atomic mass is 32.2. The first-order valence-electron chi connectivity index (χ1n) is 5.57. The maximum Gasteiger partial charge on any atom is 0.372 e. The molecule has 1 atom stereocenters. The molecule has 2 heterocycles. The van der Waals surface area contributed by atoms with Crippen molar-refractivity contribution in [1.29, 1.82) is 0 Å². The molecule has 0 bridgehead atoms. The largest absolute Gasteiger partial charge is 0.476 e. The zero-order valence-electron chi connectivity index (χ0n) is 9.96. The van der Waals surface area contributed by atoms with Crippen LogP contribution in [0, 0.1) is 16.0 Å². The van der Waals surface area contributed by atoms with Gasteiger partial charge in [-0.15, -0.1) is 0 Å². The van der Waals surface area contributed by atoms with Gasteiger partial charge in [-0.1, -0.05) is 0 Å². The fourth-order valence-corrected chi connectivity index (χ4v) is 3.08. The van der Waals surface area contributed by atoms with Crippen molar-refractivity contribution in [1.82, 2.24) is 9.97 Å². The Morgan fingerprint density at radius 2 is 2.50 bits per heavy atom. The Morgan fingerprint density at radius 1 is 1.67 bits per heavy atom. The van der Waals surface area contributed by atoms with Crippen LogP contribution >= 0.6 is 11.8 Å². The summed E-state index contributed by atoms with van der Waals surface area (Å²) in [4.78, 5) is 18.1. The van der Waals surface area contributed by atoms with E-state index in [9.17, 15) is 10.1 Å². The minimum Gasteiger partial charge on any atom is -0.476 e. The summed E-state index contributed by atoms with van der Waals surface area (Å²) in [5, 5.41) is 14.0. The summed E-state index contributed by atoms with van der Waals surface area (Å²) >= 11 is 1.90. The third-order valence-electron chi connectivity index (χ3n) is 2.75. The molecule has 8 heteroatoms. The van der Waals surface area contributed by atoms with Crippen LogP contribution in [0.15, 0.2) is 6.33 Å². The van der Waals surface area contributed by atoms with Crippen molar-refractivity contribution >= 4 is 23.3 Å². The Bertz CT molecular complexity index is 437. The van der Waals surface area contributed by atoms with E-state index in [1.54, 1.807) is 0 Å². The molecule has 0 aliphatic carbocycles. The summed E-state index contributed by atoms with van der Waals surface area (Å²) in [6, 6.07) is 0. The van der Waals surface area contributed by atoms with E-state index in [1.807, 2.05) is 11.8 Å². The average Bonchev–Trinajstić information content (AvgIpc) is 2.88. The van der Waals surface area contributed by atoms with Crippen LogP contribution in [0.1, 0.15) is 6.42 Å². The van der Waals surface area contributed by atoms with Crippen LogP contribution < -0.4 is 10.1 Å². The molecule has 1 fully saturated rings. The van der Waals surface area contributed by atoms with Gasteiger partial charge in [0.1, 0.15) is 6.33 Å². The highest BCUT2D eigenvalue weighted by molar-refractivity contribution is 7.99. The lowest BCUT2D eigenvalue weighted by Gasteiger charge is -2.11. The molecule has 0 radical (unpaired) electrons. The van der Waals surface area contributed by atoms with Gasteiger partial charge in [0.15, 0.2) is 0 Å². The molecule has 1 aromatic heterocycles. The predicted octanol–water partition coefficient (Wildman–Crippen LogP) is 1.56. The molecule has 0 amide bonds. The summed E-state index contributed by atoms with van der Waals surface area (Å²) < 4.78 is 4.88. The highest BCUT2D eigenvalue weighted by Gasteiger charge is 2.24. The molecule has 1 aliphatic rings. The minimum atomic E-state index is -0.523. The van der Waals surface area contributed by atoms with E-state index in [2.05, 4.69) is 15.3 Å². The molecular formula is C10H14N4O3S. The molecule has 7 nitrogen and oxygen atoms in total. The molecule has 98 valence electrons. The van der Waals surface area contributed by atoms with Crippen LogP contribution in [0.2, 0.25) is 0 Å². The number of aromatic nitrogens is 2. The van der Waals surface area contributed by atoms with Crippen molar-refractivity contribution in [3.63, 3.8) is 0 Å². The number of hydrogen-bond acceptors (Lipinski definition) is 7. The van der Waals surface area contributed by atoms with Crippen molar-refractivity contribution in [3.05, 3.63) is 16.4 Å². The fourth-order valence-electron chi connectivity index (χ4n) is 1.79. The van der Waals surface area contributed by atoms with E-state index < -0.39 is 4.92 Å². The van der Waals surface area contributed by atoms with Gasteiger partial charge in [0.25, 0.3) is 5.88 Å². The van der Waals surface area contributed by atoms with Gasteiger partial charge in [-0.2, -0.15) is 16.7 Å². The van der Waals surface area contributed by atoms with Gasteiger partial charge in [0, 0.05) is 6.54 Å². The third-order valence-corrected chi connectivity index (χ3v) is 3.98. The number of rotatable bonds is 5. The third kappa shape index (κ3) is 2.81. The Balaban J connectivity index is 2.13. The van der Waals surface area contributed by atoms with E-state index >= 15 is 0 Å². The summed E-state index contributed by atoms with van der Waals surface area (Å²) in [5.74, 6) is 2.99. The van der Waals surface area contributed by atoms with Gasteiger partial charge in [0.2, 0.25) is 5.82 Å². The van der Waals surface area contributed by atoms with Gasteiger partial charge in [0.05, 0.1) is 12.0 Å². The molecule has 1 saturated heterocycles. The van der Waals surface area contributed by atoms with Crippen LogP contribution in [0.4, 0.5) is 11.5 Å². The summed E-state index contributed by atoms with van der Waals surface area (Å²) in [6.45, 7) is 0.688. The van der Waals surface area contributed by atoms with Crippen molar-refractivity contribution < 1.29 is 9.66 Å². The Kier molecular flexibility index (Phi) is 4.19. The fraction of sp³-hybridized carbons (Fsp3) is 0.600. The topological polar surface area (TPSA) is 90.2 Å². The second kappa shape index (κ2) is 5.85. The van der Waals surface area contributed by atoms with E-state index in [1.165, 1.54) is 13.4 Å². The SMILES string of the molecule is COc1ncnc(NCC2CCSC2)c1[N+](=O)[O-]. The molecule has 1 aromatic rings. The quantitative estimate of drug-likeness (QED) is 0.641. The molecule has 1 aliphatic heterocycles. The van der Waals surface area contributed by atoms with Crippen LogP contribution in [0.5, 0.6) is 5.88 Å². The Hall–Kier alpha value is -1.57. The number of thioether (sulfide) groups is 1. The Labute approximate surface area is 108 Å². The van der Waals surface area contributed by atoms with E-state index in [-0.39, 0.29) is 17.4 Å². The zero-order chi connectivity index (χ0) is 13.0. The molecule has 0 saturated carbocycles. The van der Waals surface area contributed by atoms with Crippen LogP contribution in [-0.4, -0.2) is 40.1 Å². The molecular weight excluding hydrogens is 256 g/mol. The first-order chi connectivity index (χ1) is 8.72. The van der Waals surface area contributed by atoms with Gasteiger partial charge in [-0.25, -0.2) is 4.98 Å². The molecule has 0 aromatic carbocycles. The lowest BCUT2D eigenvalue weighted by Crippen LogP contribution is -2.15. The van der Waals surface area contributed by atoms with Gasteiger partial charge in [-0.3, -0.25) is 10.1 Å². The number of nitrogens with one attached hydrogen (secondary N) is 1. The summed E-state index contributed by atoms with van der Waals surface area (Å²) in [7, 11) is 1.35. The number of nitrogens with zero attached hydrogens (tertiary/aromatic N) is 3. The lowest BCUT2D eigenvalue weighted by molar-refractivity contribution is -0.385. The number of nitro groups is 1. The predicted molar refractivity (Wildman–Crippen MR) is 69.2 cm³/mol. The molecule has 1 unspecified atom stereocenters. The monoisotopic (exact) mass is 270 g/mol. The maximum absolute atomic E-state index is 11.0. The number of ether oxygens (including phenoxy) is 1. The normalized spacial score (nSPS) is 18.6. The summed E-state index contributed by atoms with van der Waals surface area (Å²) in [6.07, 6.45) is 2.39. The lowest BCUT2D eigenvalue weighted by atomic mass is 10.1. The number of anilines is 1. The average molecular weight is 270 g/mol. The van der Waals surface area contributed by atoms with Gasteiger partial charge in [-0.05, 0) is 23.8 Å². The van der Waals surface area contributed by atoms with Gasteiger partial charge >= 0.3 is 5.69 Å². The van der Waals surface area contributed by atoms with E-state index in [0.717, 1.165) is 17.9 Å². The first-order valence-corrected chi connectivity index (χ1v) is 6.73. The van der Waals surface area contributed by atoms with Crippen molar-refractivity contribution in [2.75, 3.05) is 30.5 Å². The molecule has 0 spiro atoms. The highest BCUT2D eigenvalue weighted by Crippen LogP contribution is 2.31. The first kappa shape index (κ1) is 12.9. The zero-order valence-corrected chi connectivity index (χ0v) is 10.8. The second-order valence-electron chi connectivity index (χ2n) is 3.95. The van der Waals surface area contributed by atoms with Crippen molar-refractivity contribution in [3.8, 4) is 5.88 Å². The Morgan fingerprint density at radius 3 is 3.11 bits per heavy atom.